The van der Waals surface area contributed by atoms with Crippen LogP contribution in [0.2, 0.25) is 0 Å². The van der Waals surface area contributed by atoms with Gasteiger partial charge in [0, 0.05) is 30.9 Å². The Balaban J connectivity index is 1.95. The molecule has 1 saturated carbocycles. The number of likely N-dealkylation sites (N-methyl/N-ethyl adjacent to an activating group) is 1. The third-order valence-electron chi connectivity index (χ3n) is 5.29. The number of carbonyl (C=O) groups excluding carboxylic acids is 1. The molecule has 0 aromatic rings. The Morgan fingerprint density at radius 3 is 2.77 bits per heavy atom. The second kappa shape index (κ2) is 10.2. The van der Waals surface area contributed by atoms with Gasteiger partial charge in [0.15, 0.2) is 0 Å². The average molecular weight is 355 g/mol. The summed E-state index contributed by atoms with van der Waals surface area (Å²) in [4.78, 5) is 17.0. The van der Waals surface area contributed by atoms with Gasteiger partial charge in [-0.2, -0.15) is 0 Å². The molecule has 1 fully saturated rings. The third kappa shape index (κ3) is 5.23. The lowest BCUT2D eigenvalue weighted by atomic mass is 10.1. The minimum absolute atomic E-state index is 0.168. The first-order valence-corrected chi connectivity index (χ1v) is 10.1. The Labute approximate surface area is 159 Å². The van der Waals surface area contributed by atoms with E-state index in [1.165, 1.54) is 30.4 Å². The highest BCUT2D eigenvalue weighted by molar-refractivity contribution is 5.94. The summed E-state index contributed by atoms with van der Waals surface area (Å²) in [6.45, 7) is 10.1. The molecule has 0 aromatic carbocycles. The van der Waals surface area contributed by atoms with Crippen LogP contribution in [0, 0.1) is 0 Å². The molecule has 1 aliphatic carbocycles. The van der Waals surface area contributed by atoms with Crippen molar-refractivity contribution in [1.82, 2.24) is 9.80 Å². The average Bonchev–Trinajstić information content (AvgIpc) is 3.13. The van der Waals surface area contributed by atoms with Crippen molar-refractivity contribution >= 4 is 5.91 Å². The van der Waals surface area contributed by atoms with Gasteiger partial charge in [-0.25, -0.2) is 0 Å². The van der Waals surface area contributed by atoms with Crippen LogP contribution in [-0.4, -0.2) is 34.8 Å². The summed E-state index contributed by atoms with van der Waals surface area (Å²) in [7, 11) is 0. The highest BCUT2D eigenvalue weighted by Crippen LogP contribution is 2.30. The molecule has 0 aromatic heterocycles. The molecule has 0 radical (unpaired) electrons. The predicted octanol–water partition coefficient (Wildman–Crippen LogP) is 5.35. The van der Waals surface area contributed by atoms with E-state index in [1.54, 1.807) is 0 Å². The molecule has 0 bridgehead atoms. The number of carbonyl (C=O) groups is 1. The molecule has 26 heavy (non-hydrogen) atoms. The number of nitrogens with zero attached hydrogens (tertiary/aromatic N) is 2. The lowest BCUT2D eigenvalue weighted by Gasteiger charge is -2.30. The zero-order valence-electron chi connectivity index (χ0n) is 16.9. The van der Waals surface area contributed by atoms with E-state index in [1.807, 2.05) is 11.1 Å². The van der Waals surface area contributed by atoms with Crippen LogP contribution in [0.5, 0.6) is 0 Å². The highest BCUT2D eigenvalue weighted by atomic mass is 16.2. The van der Waals surface area contributed by atoms with E-state index < -0.39 is 0 Å². The Morgan fingerprint density at radius 1 is 1.31 bits per heavy atom. The van der Waals surface area contributed by atoms with E-state index in [-0.39, 0.29) is 11.9 Å². The number of allylic oxidation sites excluding steroid dienone is 6. The Kier molecular flexibility index (Phi) is 7.96. The molecule has 142 valence electrons. The summed E-state index contributed by atoms with van der Waals surface area (Å²) in [5.41, 5.74) is 3.85. The fourth-order valence-electron chi connectivity index (χ4n) is 3.69. The maximum absolute atomic E-state index is 12.9. The SMILES string of the molecule is C/C=C1/CCC/C1=C/C=C/CC(C)N(CC)C(=O)C1=CN(CC)C=CC1. The monoisotopic (exact) mass is 354 g/mol. The highest BCUT2D eigenvalue weighted by Gasteiger charge is 2.22. The molecule has 1 heterocycles. The molecule has 0 N–H and O–H groups in total. The van der Waals surface area contributed by atoms with E-state index in [2.05, 4.69) is 69.2 Å². The summed E-state index contributed by atoms with van der Waals surface area (Å²) in [6, 6.07) is 0.203. The summed E-state index contributed by atoms with van der Waals surface area (Å²) in [5.74, 6) is 0.168. The molecular formula is C23H34N2O. The van der Waals surface area contributed by atoms with Crippen LogP contribution in [-0.2, 0) is 4.79 Å². The molecular weight excluding hydrogens is 320 g/mol. The van der Waals surface area contributed by atoms with Crippen LogP contribution >= 0.6 is 0 Å². The summed E-state index contributed by atoms with van der Waals surface area (Å²) in [5, 5.41) is 0. The van der Waals surface area contributed by atoms with E-state index in [9.17, 15) is 4.79 Å². The Hall–Kier alpha value is -2.03. The van der Waals surface area contributed by atoms with Gasteiger partial charge in [-0.15, -0.1) is 0 Å². The molecule has 3 nitrogen and oxygen atoms in total. The quantitative estimate of drug-likeness (QED) is 0.615. The summed E-state index contributed by atoms with van der Waals surface area (Å²) in [6.07, 6.45) is 20.3. The van der Waals surface area contributed by atoms with Gasteiger partial charge in [0.1, 0.15) is 0 Å². The minimum Gasteiger partial charge on any atom is -0.354 e. The maximum Gasteiger partial charge on any atom is 0.251 e. The number of amides is 1. The van der Waals surface area contributed by atoms with E-state index >= 15 is 0 Å². The summed E-state index contributed by atoms with van der Waals surface area (Å²) >= 11 is 0. The van der Waals surface area contributed by atoms with Gasteiger partial charge in [0.2, 0.25) is 0 Å². The smallest absolute Gasteiger partial charge is 0.251 e. The zero-order chi connectivity index (χ0) is 18.9. The molecule has 1 amide bonds. The van der Waals surface area contributed by atoms with Gasteiger partial charge in [0.25, 0.3) is 5.91 Å². The minimum atomic E-state index is 0.168. The third-order valence-corrected chi connectivity index (χ3v) is 5.29. The topological polar surface area (TPSA) is 23.6 Å². The summed E-state index contributed by atoms with van der Waals surface area (Å²) < 4.78 is 0. The predicted molar refractivity (Wildman–Crippen MR) is 111 cm³/mol. The zero-order valence-corrected chi connectivity index (χ0v) is 16.9. The van der Waals surface area contributed by atoms with Crippen LogP contribution in [0.25, 0.3) is 0 Å². The largest absolute Gasteiger partial charge is 0.354 e. The second-order valence-electron chi connectivity index (χ2n) is 7.04. The standard InChI is InChI=1S/C23H34N2O/c1-5-20-14-10-15-21(20)13-9-8-12-19(4)25(7-3)23(26)22-16-11-17-24(6-2)18-22/h5,8-9,11,13,17-19H,6-7,10,12,14-16H2,1-4H3/b9-8+,20-5-,21-13-. The fraction of sp³-hybridized carbons (Fsp3) is 0.522. The number of rotatable bonds is 7. The van der Waals surface area contributed by atoms with Gasteiger partial charge in [-0.1, -0.05) is 30.4 Å². The van der Waals surface area contributed by atoms with Gasteiger partial charge >= 0.3 is 0 Å². The van der Waals surface area contributed by atoms with Crippen molar-refractivity contribution in [1.29, 1.82) is 0 Å². The molecule has 1 unspecified atom stereocenters. The second-order valence-corrected chi connectivity index (χ2v) is 7.04. The van der Waals surface area contributed by atoms with Gasteiger partial charge < -0.3 is 9.80 Å². The van der Waals surface area contributed by atoms with Crippen LogP contribution in [0.4, 0.5) is 0 Å². The van der Waals surface area contributed by atoms with Gasteiger partial charge in [-0.3, -0.25) is 4.79 Å². The first kappa shape index (κ1) is 20.3. The van der Waals surface area contributed by atoms with Crippen molar-refractivity contribution in [3.05, 3.63) is 59.5 Å². The van der Waals surface area contributed by atoms with Crippen molar-refractivity contribution in [3.8, 4) is 0 Å². The van der Waals surface area contributed by atoms with E-state index in [0.29, 0.717) is 0 Å². The molecule has 3 heteroatoms. The number of hydrogen-bond donors (Lipinski definition) is 0. The normalized spacial score (nSPS) is 21.7. The Morgan fingerprint density at radius 2 is 2.08 bits per heavy atom. The molecule has 2 aliphatic rings. The fourth-order valence-corrected chi connectivity index (χ4v) is 3.69. The van der Waals surface area contributed by atoms with Crippen LogP contribution in [0.1, 0.15) is 59.8 Å². The molecule has 2 rings (SSSR count). The van der Waals surface area contributed by atoms with Crippen LogP contribution in [0.15, 0.2) is 59.5 Å². The van der Waals surface area contributed by atoms with E-state index in [0.717, 1.165) is 31.5 Å². The first-order chi connectivity index (χ1) is 12.6. The van der Waals surface area contributed by atoms with Crippen molar-refractivity contribution in [2.45, 2.75) is 65.8 Å². The van der Waals surface area contributed by atoms with Crippen molar-refractivity contribution < 1.29 is 4.79 Å². The van der Waals surface area contributed by atoms with E-state index in [4.69, 9.17) is 0 Å². The lowest BCUT2D eigenvalue weighted by molar-refractivity contribution is -0.129. The number of hydrogen-bond acceptors (Lipinski definition) is 2. The van der Waals surface area contributed by atoms with Crippen molar-refractivity contribution in [2.24, 2.45) is 0 Å². The van der Waals surface area contributed by atoms with Crippen LogP contribution < -0.4 is 0 Å². The molecule has 0 spiro atoms. The molecule has 1 atom stereocenters. The maximum atomic E-state index is 12.9. The molecule has 1 aliphatic heterocycles. The molecule has 0 saturated heterocycles. The Bertz CT molecular complexity index is 637. The van der Waals surface area contributed by atoms with Crippen molar-refractivity contribution in [3.63, 3.8) is 0 Å². The van der Waals surface area contributed by atoms with Gasteiger partial charge in [-0.05, 0) is 77.1 Å². The first-order valence-electron chi connectivity index (χ1n) is 10.1. The van der Waals surface area contributed by atoms with Crippen molar-refractivity contribution in [2.75, 3.05) is 13.1 Å². The van der Waals surface area contributed by atoms with Crippen LogP contribution in [0.3, 0.4) is 0 Å². The van der Waals surface area contributed by atoms with Gasteiger partial charge in [0.05, 0.1) is 0 Å². The lowest BCUT2D eigenvalue weighted by Crippen LogP contribution is -2.39.